The molecule has 90 valence electrons. The molecule has 1 N–H and O–H groups in total. The molecule has 16 heavy (non-hydrogen) atoms. The zero-order valence-electron chi connectivity index (χ0n) is 11.0. The maximum Gasteiger partial charge on any atom is 0.0980 e. The van der Waals surface area contributed by atoms with E-state index >= 15 is 0 Å². The van der Waals surface area contributed by atoms with Crippen LogP contribution >= 0.6 is 0 Å². The van der Waals surface area contributed by atoms with Crippen molar-refractivity contribution >= 4 is 0 Å². The van der Waals surface area contributed by atoms with Gasteiger partial charge in [0.1, 0.15) is 0 Å². The van der Waals surface area contributed by atoms with Gasteiger partial charge in [-0.2, -0.15) is 0 Å². The second kappa shape index (κ2) is 7.24. The van der Waals surface area contributed by atoms with E-state index in [2.05, 4.69) is 33.4 Å². The van der Waals surface area contributed by atoms with Gasteiger partial charge in [-0.15, -0.1) is 0 Å². The predicted octanol–water partition coefficient (Wildman–Crippen LogP) is 4.17. The molecule has 0 spiro atoms. The Morgan fingerprint density at radius 2 is 1.94 bits per heavy atom. The van der Waals surface area contributed by atoms with E-state index in [9.17, 15) is 5.11 Å². The lowest BCUT2D eigenvalue weighted by Crippen LogP contribution is -2.15. The van der Waals surface area contributed by atoms with Crippen molar-refractivity contribution in [3.8, 4) is 0 Å². The molecule has 0 amide bonds. The van der Waals surface area contributed by atoms with Gasteiger partial charge in [0.25, 0.3) is 0 Å². The summed E-state index contributed by atoms with van der Waals surface area (Å²) in [6.07, 6.45) is 11.6. The van der Waals surface area contributed by atoms with E-state index in [1.807, 2.05) is 12.2 Å². The van der Waals surface area contributed by atoms with Gasteiger partial charge in [0.05, 0.1) is 5.60 Å². The number of aliphatic hydroxyl groups is 1. The molecule has 0 aliphatic carbocycles. The zero-order valence-corrected chi connectivity index (χ0v) is 11.0. The molecular formula is C15H24O. The van der Waals surface area contributed by atoms with Crippen molar-refractivity contribution in [2.24, 2.45) is 0 Å². The van der Waals surface area contributed by atoms with Gasteiger partial charge in [0, 0.05) is 0 Å². The molecule has 0 aromatic carbocycles. The van der Waals surface area contributed by atoms with Crippen molar-refractivity contribution in [1.82, 2.24) is 0 Å². The first kappa shape index (κ1) is 14.9. The van der Waals surface area contributed by atoms with Crippen LogP contribution in [0.3, 0.4) is 0 Å². The standard InChI is InChI=1S/C15H24O/c1-6-15(5,16)12-8-11-14(4)10-7-9-13(2)3/h6,8-9,11-12,16H,1,7,10H2,2-5H3. The van der Waals surface area contributed by atoms with Crippen LogP contribution in [0.1, 0.15) is 40.5 Å². The smallest absolute Gasteiger partial charge is 0.0980 e. The lowest BCUT2D eigenvalue weighted by Gasteiger charge is -2.11. The van der Waals surface area contributed by atoms with E-state index in [-0.39, 0.29) is 0 Å². The fourth-order valence-electron chi connectivity index (χ4n) is 1.15. The van der Waals surface area contributed by atoms with E-state index in [1.165, 1.54) is 17.2 Å². The van der Waals surface area contributed by atoms with Crippen LogP contribution in [0.4, 0.5) is 0 Å². The summed E-state index contributed by atoms with van der Waals surface area (Å²) in [5, 5.41) is 9.64. The van der Waals surface area contributed by atoms with Crippen LogP contribution in [0.15, 0.2) is 48.1 Å². The molecule has 1 heteroatoms. The Labute approximate surface area is 99.9 Å². The summed E-state index contributed by atoms with van der Waals surface area (Å²) in [6, 6.07) is 0. The van der Waals surface area contributed by atoms with Crippen LogP contribution in [0, 0.1) is 0 Å². The maximum atomic E-state index is 9.64. The van der Waals surface area contributed by atoms with Gasteiger partial charge in [-0.1, -0.05) is 42.0 Å². The third kappa shape index (κ3) is 8.25. The van der Waals surface area contributed by atoms with Gasteiger partial charge < -0.3 is 5.11 Å². The highest BCUT2D eigenvalue weighted by molar-refractivity contribution is 5.17. The average molecular weight is 220 g/mol. The molecular weight excluding hydrogens is 196 g/mol. The van der Waals surface area contributed by atoms with Gasteiger partial charge in [-0.05, 0) is 46.6 Å². The van der Waals surface area contributed by atoms with E-state index in [1.54, 1.807) is 13.0 Å². The molecule has 1 unspecified atom stereocenters. The number of hydrogen-bond acceptors (Lipinski definition) is 1. The Kier molecular flexibility index (Phi) is 6.75. The van der Waals surface area contributed by atoms with Crippen molar-refractivity contribution < 1.29 is 5.11 Å². The monoisotopic (exact) mass is 220 g/mol. The van der Waals surface area contributed by atoms with E-state index in [0.29, 0.717) is 0 Å². The van der Waals surface area contributed by atoms with Gasteiger partial charge in [-0.25, -0.2) is 0 Å². The first-order valence-corrected chi connectivity index (χ1v) is 5.72. The van der Waals surface area contributed by atoms with Crippen LogP contribution in [-0.4, -0.2) is 10.7 Å². The molecule has 0 saturated heterocycles. The molecule has 1 nitrogen and oxygen atoms in total. The van der Waals surface area contributed by atoms with E-state index < -0.39 is 5.60 Å². The molecule has 0 fully saturated rings. The highest BCUT2D eigenvalue weighted by Crippen LogP contribution is 2.09. The topological polar surface area (TPSA) is 20.2 Å². The molecule has 0 radical (unpaired) electrons. The van der Waals surface area contributed by atoms with Gasteiger partial charge in [0.15, 0.2) is 0 Å². The first-order chi connectivity index (χ1) is 7.37. The van der Waals surface area contributed by atoms with Crippen LogP contribution in [-0.2, 0) is 0 Å². The molecule has 1 atom stereocenters. The Hall–Kier alpha value is -1.08. The van der Waals surface area contributed by atoms with E-state index in [4.69, 9.17) is 0 Å². The Bertz CT molecular complexity index is 299. The second-order valence-electron chi connectivity index (χ2n) is 4.62. The second-order valence-corrected chi connectivity index (χ2v) is 4.62. The molecule has 0 aliphatic rings. The van der Waals surface area contributed by atoms with Crippen molar-refractivity contribution in [2.45, 2.75) is 46.1 Å². The van der Waals surface area contributed by atoms with Crippen LogP contribution < -0.4 is 0 Å². The highest BCUT2D eigenvalue weighted by atomic mass is 16.3. The molecule has 0 aromatic rings. The molecule has 0 aromatic heterocycles. The fourth-order valence-corrected chi connectivity index (χ4v) is 1.15. The van der Waals surface area contributed by atoms with Crippen molar-refractivity contribution in [2.75, 3.05) is 0 Å². The maximum absolute atomic E-state index is 9.64. The van der Waals surface area contributed by atoms with Gasteiger partial charge in [0.2, 0.25) is 0 Å². The Balaban J connectivity index is 4.15. The van der Waals surface area contributed by atoms with Crippen LogP contribution in [0.5, 0.6) is 0 Å². The quantitative estimate of drug-likeness (QED) is 0.526. The summed E-state index contributed by atoms with van der Waals surface area (Å²) in [7, 11) is 0. The summed E-state index contributed by atoms with van der Waals surface area (Å²) >= 11 is 0. The molecule has 0 aliphatic heterocycles. The minimum absolute atomic E-state index is 0.906. The minimum atomic E-state index is -0.906. The van der Waals surface area contributed by atoms with Gasteiger partial charge in [-0.3, -0.25) is 0 Å². The minimum Gasteiger partial charge on any atom is -0.382 e. The summed E-state index contributed by atoms with van der Waals surface area (Å²) in [6.45, 7) is 11.6. The van der Waals surface area contributed by atoms with Gasteiger partial charge >= 0.3 is 0 Å². The normalized spacial score (nSPS) is 15.9. The average Bonchev–Trinajstić information content (AvgIpc) is 2.17. The lowest BCUT2D eigenvalue weighted by molar-refractivity contribution is 0.164. The third-order valence-corrected chi connectivity index (χ3v) is 2.32. The highest BCUT2D eigenvalue weighted by Gasteiger charge is 2.07. The Morgan fingerprint density at radius 3 is 2.44 bits per heavy atom. The SMILES string of the molecule is C=CC(C)(O)C=CC=C(C)CCC=C(C)C. The number of allylic oxidation sites excluding steroid dienone is 5. The lowest BCUT2D eigenvalue weighted by atomic mass is 10.1. The predicted molar refractivity (Wildman–Crippen MR) is 72.4 cm³/mol. The molecule has 0 rings (SSSR count). The summed E-state index contributed by atoms with van der Waals surface area (Å²) in [5.41, 5.74) is 1.77. The number of hydrogen-bond donors (Lipinski definition) is 1. The van der Waals surface area contributed by atoms with Crippen LogP contribution in [0.2, 0.25) is 0 Å². The molecule has 0 saturated carbocycles. The first-order valence-electron chi connectivity index (χ1n) is 5.72. The zero-order chi connectivity index (χ0) is 12.6. The Morgan fingerprint density at radius 1 is 1.31 bits per heavy atom. The van der Waals surface area contributed by atoms with Crippen molar-refractivity contribution in [3.05, 3.63) is 48.1 Å². The molecule has 0 heterocycles. The fraction of sp³-hybridized carbons (Fsp3) is 0.467. The van der Waals surface area contributed by atoms with Crippen LogP contribution in [0.25, 0.3) is 0 Å². The summed E-state index contributed by atoms with van der Waals surface area (Å²) < 4.78 is 0. The van der Waals surface area contributed by atoms with Crippen molar-refractivity contribution in [1.29, 1.82) is 0 Å². The van der Waals surface area contributed by atoms with Crippen molar-refractivity contribution in [3.63, 3.8) is 0 Å². The molecule has 0 bridgehead atoms. The third-order valence-electron chi connectivity index (χ3n) is 2.32. The summed E-state index contributed by atoms with van der Waals surface area (Å²) in [5.74, 6) is 0. The number of rotatable bonds is 6. The summed E-state index contributed by atoms with van der Waals surface area (Å²) in [4.78, 5) is 0. The largest absolute Gasteiger partial charge is 0.382 e. The van der Waals surface area contributed by atoms with E-state index in [0.717, 1.165) is 12.8 Å².